The average molecular weight is 279 g/mol. The van der Waals surface area contributed by atoms with Gasteiger partial charge in [-0.15, -0.1) is 0 Å². The minimum atomic E-state index is -1.26. The van der Waals surface area contributed by atoms with Gasteiger partial charge in [0.15, 0.2) is 0 Å². The molecule has 0 aromatic heterocycles. The Morgan fingerprint density at radius 2 is 2.10 bits per heavy atom. The lowest BCUT2D eigenvalue weighted by Crippen LogP contribution is -2.46. The zero-order chi connectivity index (χ0) is 14.6. The van der Waals surface area contributed by atoms with Gasteiger partial charge in [-0.3, -0.25) is 9.59 Å². The number of aliphatic hydroxyl groups excluding tert-OH is 1. The molecule has 1 amide bonds. The SMILES string of the molecule is O=C(CC1(C(=O)O)COc2ccccc2C1)NCCO. The van der Waals surface area contributed by atoms with Gasteiger partial charge in [-0.25, -0.2) is 0 Å². The number of hydrogen-bond donors (Lipinski definition) is 3. The number of carbonyl (C=O) groups is 2. The summed E-state index contributed by atoms with van der Waals surface area (Å²) in [6, 6.07) is 7.22. The molecule has 1 aromatic rings. The fourth-order valence-electron chi connectivity index (χ4n) is 2.31. The number of nitrogens with one attached hydrogen (secondary N) is 1. The van der Waals surface area contributed by atoms with Crippen molar-refractivity contribution < 1.29 is 24.5 Å². The van der Waals surface area contributed by atoms with E-state index >= 15 is 0 Å². The fraction of sp³-hybridized carbons (Fsp3) is 0.429. The summed E-state index contributed by atoms with van der Waals surface area (Å²) in [7, 11) is 0. The number of para-hydroxylation sites is 1. The molecule has 108 valence electrons. The van der Waals surface area contributed by atoms with Gasteiger partial charge in [0.1, 0.15) is 17.8 Å². The number of fused-ring (bicyclic) bond motifs is 1. The second-order valence-electron chi connectivity index (χ2n) is 4.91. The molecule has 1 aromatic carbocycles. The number of carbonyl (C=O) groups excluding carboxylic acids is 1. The maximum atomic E-state index is 11.8. The van der Waals surface area contributed by atoms with Gasteiger partial charge in [0, 0.05) is 13.0 Å². The molecule has 6 heteroatoms. The molecule has 1 aliphatic heterocycles. The summed E-state index contributed by atoms with van der Waals surface area (Å²) < 4.78 is 5.50. The van der Waals surface area contributed by atoms with Gasteiger partial charge in [-0.1, -0.05) is 18.2 Å². The summed E-state index contributed by atoms with van der Waals surface area (Å²) in [4.78, 5) is 23.3. The number of rotatable bonds is 5. The zero-order valence-electron chi connectivity index (χ0n) is 11.0. The molecule has 0 saturated carbocycles. The molecule has 0 radical (unpaired) electrons. The molecule has 0 spiro atoms. The summed E-state index contributed by atoms with van der Waals surface area (Å²) in [6.07, 6.45) is 0.0850. The second kappa shape index (κ2) is 5.92. The fourth-order valence-corrected chi connectivity index (χ4v) is 2.31. The number of benzene rings is 1. The Balaban J connectivity index is 2.16. The summed E-state index contributed by atoms with van der Waals surface area (Å²) in [5.41, 5.74) is -0.468. The van der Waals surface area contributed by atoms with E-state index in [1.807, 2.05) is 12.1 Å². The topological polar surface area (TPSA) is 95.9 Å². The molecule has 0 aliphatic carbocycles. The van der Waals surface area contributed by atoms with E-state index in [9.17, 15) is 14.7 Å². The van der Waals surface area contributed by atoms with Crippen LogP contribution in [0.2, 0.25) is 0 Å². The van der Waals surface area contributed by atoms with Crippen LogP contribution in [0.3, 0.4) is 0 Å². The van der Waals surface area contributed by atoms with Crippen molar-refractivity contribution in [2.75, 3.05) is 19.8 Å². The van der Waals surface area contributed by atoms with Crippen LogP contribution in [0.1, 0.15) is 12.0 Å². The van der Waals surface area contributed by atoms with Crippen molar-refractivity contribution in [3.8, 4) is 5.75 Å². The predicted molar refractivity (Wildman–Crippen MR) is 70.4 cm³/mol. The maximum absolute atomic E-state index is 11.8. The number of ether oxygens (including phenoxy) is 1. The van der Waals surface area contributed by atoms with E-state index in [-0.39, 0.29) is 32.6 Å². The first-order valence-corrected chi connectivity index (χ1v) is 6.39. The number of aliphatic carboxylic acids is 1. The van der Waals surface area contributed by atoms with Gasteiger partial charge in [-0.05, 0) is 18.1 Å². The molecule has 3 N–H and O–H groups in total. The van der Waals surface area contributed by atoms with Gasteiger partial charge in [-0.2, -0.15) is 0 Å². The molecule has 20 heavy (non-hydrogen) atoms. The van der Waals surface area contributed by atoms with Crippen molar-refractivity contribution in [1.29, 1.82) is 0 Å². The first kappa shape index (κ1) is 14.3. The Morgan fingerprint density at radius 1 is 1.35 bits per heavy atom. The summed E-state index contributed by atoms with van der Waals surface area (Å²) in [6.45, 7) is -0.0942. The average Bonchev–Trinajstić information content (AvgIpc) is 2.44. The van der Waals surface area contributed by atoms with Crippen LogP contribution in [0, 0.1) is 5.41 Å². The molecule has 0 saturated heterocycles. The number of hydrogen-bond acceptors (Lipinski definition) is 4. The molecule has 1 atom stereocenters. The Kier molecular flexibility index (Phi) is 4.24. The molecular weight excluding hydrogens is 262 g/mol. The van der Waals surface area contributed by atoms with Crippen LogP contribution in [-0.2, 0) is 16.0 Å². The van der Waals surface area contributed by atoms with E-state index in [0.29, 0.717) is 5.75 Å². The Labute approximate surface area is 116 Å². The van der Waals surface area contributed by atoms with E-state index < -0.39 is 17.3 Å². The van der Waals surface area contributed by atoms with Crippen LogP contribution in [-0.4, -0.2) is 41.8 Å². The first-order chi connectivity index (χ1) is 9.57. The van der Waals surface area contributed by atoms with Crippen LogP contribution in [0.5, 0.6) is 5.75 Å². The lowest BCUT2D eigenvalue weighted by Gasteiger charge is -2.33. The van der Waals surface area contributed by atoms with Crippen molar-refractivity contribution in [2.24, 2.45) is 5.41 Å². The largest absolute Gasteiger partial charge is 0.492 e. The van der Waals surface area contributed by atoms with E-state index in [4.69, 9.17) is 9.84 Å². The molecule has 1 heterocycles. The van der Waals surface area contributed by atoms with Crippen LogP contribution in [0.25, 0.3) is 0 Å². The van der Waals surface area contributed by atoms with Gasteiger partial charge in [0.2, 0.25) is 5.91 Å². The Hall–Kier alpha value is -2.08. The van der Waals surface area contributed by atoms with Gasteiger partial charge in [0.25, 0.3) is 0 Å². The van der Waals surface area contributed by atoms with E-state index in [0.717, 1.165) is 5.56 Å². The summed E-state index contributed by atoms with van der Waals surface area (Å²) >= 11 is 0. The van der Waals surface area contributed by atoms with Gasteiger partial charge >= 0.3 is 5.97 Å². The van der Waals surface area contributed by atoms with Crippen LogP contribution in [0.15, 0.2) is 24.3 Å². The highest BCUT2D eigenvalue weighted by atomic mass is 16.5. The Bertz CT molecular complexity index is 516. The zero-order valence-corrected chi connectivity index (χ0v) is 11.0. The third kappa shape index (κ3) is 2.91. The summed E-state index contributed by atoms with van der Waals surface area (Å²) in [5, 5.41) is 20.6. The standard InChI is InChI=1S/C14H17NO5/c16-6-5-15-12(17)8-14(13(18)19)7-10-3-1-2-4-11(10)20-9-14/h1-4,16H,5-9H2,(H,15,17)(H,18,19). The molecule has 0 bridgehead atoms. The number of carboxylic acids is 1. The van der Waals surface area contributed by atoms with Crippen molar-refractivity contribution in [2.45, 2.75) is 12.8 Å². The smallest absolute Gasteiger partial charge is 0.313 e. The highest BCUT2D eigenvalue weighted by Crippen LogP contribution is 2.37. The first-order valence-electron chi connectivity index (χ1n) is 6.39. The van der Waals surface area contributed by atoms with E-state index in [2.05, 4.69) is 5.32 Å². The normalized spacial score (nSPS) is 20.6. The lowest BCUT2D eigenvalue weighted by molar-refractivity contribution is -0.154. The Morgan fingerprint density at radius 3 is 2.80 bits per heavy atom. The van der Waals surface area contributed by atoms with Crippen molar-refractivity contribution in [3.05, 3.63) is 29.8 Å². The highest BCUT2D eigenvalue weighted by Gasteiger charge is 2.44. The van der Waals surface area contributed by atoms with Crippen molar-refractivity contribution >= 4 is 11.9 Å². The number of aliphatic hydroxyl groups is 1. The molecule has 2 rings (SSSR count). The van der Waals surface area contributed by atoms with E-state index in [1.165, 1.54) is 0 Å². The van der Waals surface area contributed by atoms with Crippen molar-refractivity contribution in [1.82, 2.24) is 5.32 Å². The number of amides is 1. The van der Waals surface area contributed by atoms with Gasteiger partial charge < -0.3 is 20.3 Å². The number of carboxylic acid groups (broad SMARTS) is 1. The molecular formula is C14H17NO5. The molecule has 1 unspecified atom stereocenters. The van der Waals surface area contributed by atoms with E-state index in [1.54, 1.807) is 12.1 Å². The molecule has 6 nitrogen and oxygen atoms in total. The monoisotopic (exact) mass is 279 g/mol. The highest BCUT2D eigenvalue weighted by molar-refractivity contribution is 5.85. The molecule has 1 aliphatic rings. The predicted octanol–water partition coefficient (Wildman–Crippen LogP) is 0.191. The molecule has 0 fully saturated rings. The van der Waals surface area contributed by atoms with Gasteiger partial charge in [0.05, 0.1) is 6.61 Å². The quantitative estimate of drug-likeness (QED) is 0.715. The van der Waals surface area contributed by atoms with Crippen LogP contribution < -0.4 is 10.1 Å². The summed E-state index contributed by atoms with van der Waals surface area (Å²) in [5.74, 6) is -0.782. The second-order valence-corrected chi connectivity index (χ2v) is 4.91. The third-order valence-electron chi connectivity index (χ3n) is 3.39. The minimum Gasteiger partial charge on any atom is -0.492 e. The maximum Gasteiger partial charge on any atom is 0.313 e. The lowest BCUT2D eigenvalue weighted by atomic mass is 9.77. The van der Waals surface area contributed by atoms with Crippen molar-refractivity contribution in [3.63, 3.8) is 0 Å². The third-order valence-corrected chi connectivity index (χ3v) is 3.39. The van der Waals surface area contributed by atoms with Crippen LogP contribution in [0.4, 0.5) is 0 Å². The van der Waals surface area contributed by atoms with Crippen LogP contribution >= 0.6 is 0 Å². The minimum absolute atomic E-state index is 0.0358.